The average Bonchev–Trinajstić information content (AvgIpc) is 3.29. The van der Waals surface area contributed by atoms with Gasteiger partial charge in [0.05, 0.1) is 24.3 Å². The second-order valence-electron chi connectivity index (χ2n) is 6.06. The van der Waals surface area contributed by atoms with Crippen molar-refractivity contribution in [1.82, 2.24) is 15.5 Å². The Balaban J connectivity index is 1.81. The largest absolute Gasteiger partial charge is 0.418 e. The molecule has 0 atom stereocenters. The van der Waals surface area contributed by atoms with E-state index in [0.29, 0.717) is 0 Å². The molecule has 0 unspecified atom stereocenters. The Kier molecular flexibility index (Phi) is 6.19. The van der Waals surface area contributed by atoms with Gasteiger partial charge in [-0.25, -0.2) is 4.79 Å². The van der Waals surface area contributed by atoms with Crippen LogP contribution in [0.4, 0.5) is 23.7 Å². The van der Waals surface area contributed by atoms with E-state index in [0.717, 1.165) is 25.0 Å². The zero-order valence-electron chi connectivity index (χ0n) is 14.0. The molecule has 4 amide bonds. The number of halogens is 3. The number of benzene rings is 1. The van der Waals surface area contributed by atoms with E-state index in [1.165, 1.54) is 24.1 Å². The molecule has 1 aromatic carbocycles. The fourth-order valence-corrected chi connectivity index (χ4v) is 2.19. The van der Waals surface area contributed by atoms with Crippen LogP contribution in [0.15, 0.2) is 24.3 Å². The Hall–Kier alpha value is -2.62. The summed E-state index contributed by atoms with van der Waals surface area (Å²) in [6.45, 7) is -0.573. The monoisotopic (exact) mass is 372 g/mol. The van der Waals surface area contributed by atoms with Gasteiger partial charge in [0.25, 0.3) is 0 Å². The number of imide groups is 1. The Labute approximate surface area is 147 Å². The highest BCUT2D eigenvalue weighted by atomic mass is 19.4. The lowest BCUT2D eigenvalue weighted by atomic mass is 10.1. The SMILES string of the molecule is CN(CC(=O)NC(=O)NC1CC1)CC(=O)Nc1ccccc1C(F)(F)F. The van der Waals surface area contributed by atoms with Crippen molar-refractivity contribution in [2.75, 3.05) is 25.5 Å². The Morgan fingerprint density at radius 3 is 2.35 bits per heavy atom. The molecule has 26 heavy (non-hydrogen) atoms. The second kappa shape index (κ2) is 8.17. The van der Waals surface area contributed by atoms with E-state index in [4.69, 9.17) is 0 Å². The zero-order chi connectivity index (χ0) is 19.3. The number of nitrogens with one attached hydrogen (secondary N) is 3. The first-order valence-electron chi connectivity index (χ1n) is 7.90. The summed E-state index contributed by atoms with van der Waals surface area (Å²) in [6.07, 6.45) is -2.84. The quantitative estimate of drug-likeness (QED) is 0.707. The van der Waals surface area contributed by atoms with Crippen molar-refractivity contribution in [2.45, 2.75) is 25.1 Å². The van der Waals surface area contributed by atoms with E-state index >= 15 is 0 Å². The maximum atomic E-state index is 12.9. The molecule has 0 aromatic heterocycles. The van der Waals surface area contributed by atoms with E-state index in [9.17, 15) is 27.6 Å². The summed E-state index contributed by atoms with van der Waals surface area (Å²) in [4.78, 5) is 36.3. The van der Waals surface area contributed by atoms with Gasteiger partial charge in [0, 0.05) is 6.04 Å². The number of hydrogen-bond donors (Lipinski definition) is 3. The number of amides is 4. The molecule has 2 rings (SSSR count). The number of carbonyl (C=O) groups is 3. The maximum Gasteiger partial charge on any atom is 0.418 e. The lowest BCUT2D eigenvalue weighted by molar-refractivity contribution is -0.137. The number of carbonyl (C=O) groups excluding carboxylic acids is 3. The van der Waals surface area contributed by atoms with Gasteiger partial charge in [0.1, 0.15) is 0 Å². The first-order chi connectivity index (χ1) is 12.1. The molecule has 0 aliphatic heterocycles. The fraction of sp³-hybridized carbons (Fsp3) is 0.438. The number of urea groups is 1. The van der Waals surface area contributed by atoms with Crippen LogP contribution in [0.25, 0.3) is 0 Å². The lowest BCUT2D eigenvalue weighted by Crippen LogP contribution is -2.45. The maximum absolute atomic E-state index is 12.9. The molecule has 0 saturated heterocycles. The van der Waals surface area contributed by atoms with Crippen LogP contribution in [0, 0.1) is 0 Å². The third kappa shape index (κ3) is 6.36. The highest BCUT2D eigenvalue weighted by Crippen LogP contribution is 2.34. The molecule has 0 bridgehead atoms. The summed E-state index contributed by atoms with van der Waals surface area (Å²) in [5.41, 5.74) is -1.31. The first-order valence-corrected chi connectivity index (χ1v) is 7.90. The van der Waals surface area contributed by atoms with E-state index < -0.39 is 29.6 Å². The third-order valence-corrected chi connectivity index (χ3v) is 3.50. The van der Waals surface area contributed by atoms with Gasteiger partial charge in [-0.1, -0.05) is 12.1 Å². The van der Waals surface area contributed by atoms with Gasteiger partial charge >= 0.3 is 12.2 Å². The predicted molar refractivity (Wildman–Crippen MR) is 87.3 cm³/mol. The highest BCUT2D eigenvalue weighted by molar-refractivity contribution is 5.96. The van der Waals surface area contributed by atoms with Gasteiger partial charge in [0.15, 0.2) is 0 Å². The Morgan fingerprint density at radius 2 is 1.73 bits per heavy atom. The van der Waals surface area contributed by atoms with Gasteiger partial charge in [0.2, 0.25) is 11.8 Å². The first kappa shape index (κ1) is 19.7. The van der Waals surface area contributed by atoms with Gasteiger partial charge in [-0.3, -0.25) is 19.8 Å². The lowest BCUT2D eigenvalue weighted by Gasteiger charge is -2.17. The van der Waals surface area contributed by atoms with Crippen LogP contribution >= 0.6 is 0 Å². The molecule has 1 aromatic rings. The van der Waals surface area contributed by atoms with E-state index in [2.05, 4.69) is 16.0 Å². The molecular weight excluding hydrogens is 353 g/mol. The van der Waals surface area contributed by atoms with E-state index in [1.807, 2.05) is 0 Å². The number of hydrogen-bond acceptors (Lipinski definition) is 4. The van der Waals surface area contributed by atoms with Crippen LogP contribution in [0.5, 0.6) is 0 Å². The molecule has 0 radical (unpaired) electrons. The van der Waals surface area contributed by atoms with Crippen molar-refractivity contribution >= 4 is 23.5 Å². The number of anilines is 1. The van der Waals surface area contributed by atoms with Crippen LogP contribution in [0.2, 0.25) is 0 Å². The van der Waals surface area contributed by atoms with Gasteiger partial charge < -0.3 is 10.6 Å². The number of rotatable bonds is 6. The van der Waals surface area contributed by atoms with Crippen LogP contribution in [0.1, 0.15) is 18.4 Å². The molecule has 1 aliphatic carbocycles. The van der Waals surface area contributed by atoms with Crippen molar-refractivity contribution in [1.29, 1.82) is 0 Å². The van der Waals surface area contributed by atoms with Crippen molar-refractivity contribution in [2.24, 2.45) is 0 Å². The highest BCUT2D eigenvalue weighted by Gasteiger charge is 2.33. The summed E-state index contributed by atoms with van der Waals surface area (Å²) >= 11 is 0. The molecule has 10 heteroatoms. The Morgan fingerprint density at radius 1 is 1.12 bits per heavy atom. The molecule has 1 fully saturated rings. The molecule has 0 heterocycles. The average molecular weight is 372 g/mol. The van der Waals surface area contributed by atoms with Crippen molar-refractivity contribution in [3.8, 4) is 0 Å². The molecule has 7 nitrogen and oxygen atoms in total. The number of alkyl halides is 3. The summed E-state index contributed by atoms with van der Waals surface area (Å²) < 4.78 is 38.7. The van der Waals surface area contributed by atoms with E-state index in [1.54, 1.807) is 0 Å². The van der Waals surface area contributed by atoms with Crippen molar-refractivity contribution in [3.05, 3.63) is 29.8 Å². The number of likely N-dealkylation sites (N-methyl/N-ethyl adjacent to an activating group) is 1. The van der Waals surface area contributed by atoms with Crippen LogP contribution in [-0.2, 0) is 15.8 Å². The summed E-state index contributed by atoms with van der Waals surface area (Å²) in [6, 6.07) is 4.11. The smallest absolute Gasteiger partial charge is 0.335 e. The normalized spacial score (nSPS) is 14.0. The minimum absolute atomic E-state index is 0.0972. The molecular formula is C16H19F3N4O3. The zero-order valence-corrected chi connectivity index (χ0v) is 14.0. The topological polar surface area (TPSA) is 90.5 Å². The molecule has 1 saturated carbocycles. The number of nitrogens with zero attached hydrogens (tertiary/aromatic N) is 1. The fourth-order valence-electron chi connectivity index (χ4n) is 2.19. The molecule has 3 N–H and O–H groups in total. The van der Waals surface area contributed by atoms with Crippen LogP contribution in [0.3, 0.4) is 0 Å². The van der Waals surface area contributed by atoms with Crippen molar-refractivity contribution < 1.29 is 27.6 Å². The van der Waals surface area contributed by atoms with E-state index in [-0.39, 0.29) is 24.8 Å². The predicted octanol–water partition coefficient (Wildman–Crippen LogP) is 1.56. The van der Waals surface area contributed by atoms with Gasteiger partial charge in [-0.15, -0.1) is 0 Å². The summed E-state index contributed by atoms with van der Waals surface area (Å²) in [7, 11) is 1.44. The van der Waals surface area contributed by atoms with Gasteiger partial charge in [-0.05, 0) is 32.0 Å². The van der Waals surface area contributed by atoms with Crippen LogP contribution < -0.4 is 16.0 Å². The van der Waals surface area contributed by atoms with Crippen molar-refractivity contribution in [3.63, 3.8) is 0 Å². The number of para-hydroxylation sites is 1. The molecule has 1 aliphatic rings. The minimum Gasteiger partial charge on any atom is -0.335 e. The summed E-state index contributed by atoms with van der Waals surface area (Å²) in [5, 5.41) is 6.88. The standard InChI is InChI=1S/C16H19F3N4O3/c1-23(9-14(25)22-15(26)20-10-6-7-10)8-13(24)21-12-5-3-2-4-11(12)16(17,18)19/h2-5,10H,6-9H2,1H3,(H,21,24)(H2,20,22,25,26). The summed E-state index contributed by atoms with van der Waals surface area (Å²) in [5.74, 6) is -1.33. The molecule has 142 valence electrons. The minimum atomic E-state index is -4.59. The van der Waals surface area contributed by atoms with Gasteiger partial charge in [-0.2, -0.15) is 13.2 Å². The van der Waals surface area contributed by atoms with Crippen LogP contribution in [-0.4, -0.2) is 48.9 Å². The molecule has 0 spiro atoms. The Bertz CT molecular complexity index is 690. The second-order valence-corrected chi connectivity index (χ2v) is 6.06. The third-order valence-electron chi connectivity index (χ3n) is 3.50.